The van der Waals surface area contributed by atoms with E-state index in [-0.39, 0.29) is 5.78 Å². The number of hydrogen-bond acceptors (Lipinski definition) is 5. The molecule has 0 spiro atoms. The number of allylic oxidation sites excluding steroid dienone is 1. The number of benzene rings is 2. The molecule has 0 aliphatic carbocycles. The molecule has 0 saturated carbocycles. The Labute approximate surface area is 173 Å². The van der Waals surface area contributed by atoms with E-state index in [0.717, 1.165) is 27.7 Å². The second-order valence-electron chi connectivity index (χ2n) is 6.86. The minimum Gasteiger partial charge on any atom is -0.298 e. The van der Waals surface area contributed by atoms with E-state index in [0.29, 0.717) is 23.0 Å². The molecule has 2 heterocycles. The van der Waals surface area contributed by atoms with E-state index in [9.17, 15) is 4.79 Å². The Hall–Kier alpha value is -3.25. The van der Waals surface area contributed by atoms with Gasteiger partial charge in [-0.05, 0) is 35.9 Å². The minimum atomic E-state index is 0.0658. The van der Waals surface area contributed by atoms with Crippen LogP contribution in [0.15, 0.2) is 84.3 Å². The quantitative estimate of drug-likeness (QED) is 0.247. The smallest absolute Gasteiger partial charge is 0.192 e. The number of Topliss-reactive ketones (excluding diaryl/α,β-unsaturated/α-hetero) is 1. The number of aromatic nitrogens is 4. The van der Waals surface area contributed by atoms with Crippen LogP contribution in [0.5, 0.6) is 0 Å². The maximum Gasteiger partial charge on any atom is 0.192 e. The topological polar surface area (TPSA) is 60.7 Å². The third-order valence-corrected chi connectivity index (χ3v) is 5.45. The highest BCUT2D eigenvalue weighted by atomic mass is 32.2. The van der Waals surface area contributed by atoms with Crippen LogP contribution in [-0.2, 0) is 6.54 Å². The number of hydrogen-bond donors (Lipinski definition) is 0. The van der Waals surface area contributed by atoms with Crippen LogP contribution in [0.2, 0.25) is 0 Å². The van der Waals surface area contributed by atoms with Crippen LogP contribution >= 0.6 is 11.8 Å². The first-order valence-corrected chi connectivity index (χ1v) is 10.2. The van der Waals surface area contributed by atoms with Crippen LogP contribution in [0.25, 0.3) is 22.2 Å². The summed E-state index contributed by atoms with van der Waals surface area (Å²) >= 11 is 1.40. The molecule has 144 valence electrons. The number of carbonyl (C=O) groups excluding carboxylic acids is 1. The molecular weight excluding hydrogens is 380 g/mol. The largest absolute Gasteiger partial charge is 0.298 e. The van der Waals surface area contributed by atoms with E-state index >= 15 is 0 Å². The highest BCUT2D eigenvalue weighted by molar-refractivity contribution is 7.99. The number of nitrogens with zero attached hydrogens (tertiary/aromatic N) is 4. The molecule has 5 nitrogen and oxygen atoms in total. The number of carbonyl (C=O) groups is 1. The summed E-state index contributed by atoms with van der Waals surface area (Å²) in [4.78, 5) is 16.8. The van der Waals surface area contributed by atoms with Crippen LogP contribution in [0.3, 0.4) is 0 Å². The van der Waals surface area contributed by atoms with Gasteiger partial charge in [-0.1, -0.05) is 60.3 Å². The molecule has 2 aromatic carbocycles. The first-order chi connectivity index (χ1) is 14.1. The van der Waals surface area contributed by atoms with Crippen LogP contribution in [-0.4, -0.2) is 31.3 Å². The molecule has 0 radical (unpaired) electrons. The van der Waals surface area contributed by atoms with E-state index < -0.39 is 0 Å². The zero-order valence-electron chi connectivity index (χ0n) is 16.1. The molecule has 4 rings (SSSR count). The van der Waals surface area contributed by atoms with Crippen LogP contribution in [0, 0.1) is 0 Å². The first-order valence-electron chi connectivity index (χ1n) is 9.24. The fourth-order valence-corrected chi connectivity index (χ4v) is 3.93. The Morgan fingerprint density at radius 2 is 1.79 bits per heavy atom. The number of thioether (sulfide) groups is 1. The van der Waals surface area contributed by atoms with E-state index in [1.165, 1.54) is 11.8 Å². The molecule has 0 unspecified atom stereocenters. The molecule has 0 saturated heterocycles. The van der Waals surface area contributed by atoms with Gasteiger partial charge in [0.15, 0.2) is 16.8 Å². The lowest BCUT2D eigenvalue weighted by Gasteiger charge is -2.10. The summed E-state index contributed by atoms with van der Waals surface area (Å²) in [7, 11) is 0. The van der Waals surface area contributed by atoms with Crippen LogP contribution in [0.4, 0.5) is 0 Å². The Morgan fingerprint density at radius 3 is 2.55 bits per heavy atom. The zero-order valence-corrected chi connectivity index (χ0v) is 16.9. The van der Waals surface area contributed by atoms with Crippen molar-refractivity contribution in [3.8, 4) is 11.4 Å². The molecule has 29 heavy (non-hydrogen) atoms. The summed E-state index contributed by atoms with van der Waals surface area (Å²) in [5, 5.41) is 11.6. The summed E-state index contributed by atoms with van der Waals surface area (Å²) in [5.41, 5.74) is 2.63. The van der Waals surface area contributed by atoms with Gasteiger partial charge in [0.1, 0.15) is 0 Å². The second-order valence-corrected chi connectivity index (χ2v) is 7.80. The molecular formula is C23H20N4OS. The van der Waals surface area contributed by atoms with Crippen LogP contribution < -0.4 is 0 Å². The van der Waals surface area contributed by atoms with Crippen molar-refractivity contribution < 1.29 is 4.79 Å². The SMILES string of the molecule is C=C(C)Cn1c(SCC(=O)c2ccc3ccccc3c2)nnc1-c1ccncc1. The highest BCUT2D eigenvalue weighted by Crippen LogP contribution is 2.25. The molecule has 0 N–H and O–H groups in total. The molecule has 0 aliphatic rings. The van der Waals surface area contributed by atoms with Gasteiger partial charge in [-0.2, -0.15) is 0 Å². The van der Waals surface area contributed by atoms with Crippen molar-refractivity contribution >= 4 is 28.3 Å². The van der Waals surface area contributed by atoms with Gasteiger partial charge in [-0.15, -0.1) is 10.2 Å². The number of pyridine rings is 1. The maximum atomic E-state index is 12.8. The Kier molecular flexibility index (Phi) is 5.53. The van der Waals surface area contributed by atoms with Gasteiger partial charge < -0.3 is 0 Å². The number of ketones is 1. The fourth-order valence-electron chi connectivity index (χ4n) is 3.10. The van der Waals surface area contributed by atoms with E-state index in [4.69, 9.17) is 0 Å². The summed E-state index contributed by atoms with van der Waals surface area (Å²) in [6.45, 7) is 6.57. The van der Waals surface area contributed by atoms with Gasteiger partial charge in [-0.3, -0.25) is 14.3 Å². The average molecular weight is 401 g/mol. The summed E-state index contributed by atoms with van der Waals surface area (Å²) < 4.78 is 2.00. The molecule has 2 aromatic heterocycles. The third kappa shape index (κ3) is 4.27. The van der Waals surface area contributed by atoms with Gasteiger partial charge in [-0.25, -0.2) is 0 Å². The lowest BCUT2D eigenvalue weighted by atomic mass is 10.1. The molecule has 0 fully saturated rings. The number of fused-ring (bicyclic) bond motifs is 1. The predicted molar refractivity (Wildman–Crippen MR) is 117 cm³/mol. The lowest BCUT2D eigenvalue weighted by Crippen LogP contribution is -2.06. The summed E-state index contributed by atoms with van der Waals surface area (Å²) in [6.07, 6.45) is 3.45. The molecule has 0 bridgehead atoms. The molecule has 0 amide bonds. The van der Waals surface area contributed by atoms with Crippen molar-refractivity contribution in [1.82, 2.24) is 19.7 Å². The maximum absolute atomic E-state index is 12.8. The summed E-state index contributed by atoms with van der Waals surface area (Å²) in [6, 6.07) is 17.6. The van der Waals surface area contributed by atoms with E-state index in [1.54, 1.807) is 12.4 Å². The van der Waals surface area contributed by atoms with Gasteiger partial charge in [0.2, 0.25) is 0 Å². The lowest BCUT2D eigenvalue weighted by molar-refractivity contribution is 0.102. The molecule has 0 aliphatic heterocycles. The predicted octanol–water partition coefficient (Wildman–Crippen LogP) is 5.04. The fraction of sp³-hybridized carbons (Fsp3) is 0.130. The van der Waals surface area contributed by atoms with Gasteiger partial charge in [0.25, 0.3) is 0 Å². The minimum absolute atomic E-state index is 0.0658. The molecule has 6 heteroatoms. The monoisotopic (exact) mass is 400 g/mol. The average Bonchev–Trinajstić information content (AvgIpc) is 3.14. The van der Waals surface area contributed by atoms with Crippen molar-refractivity contribution in [1.29, 1.82) is 0 Å². The zero-order chi connectivity index (χ0) is 20.2. The van der Waals surface area contributed by atoms with Gasteiger partial charge in [0, 0.05) is 30.1 Å². The Morgan fingerprint density at radius 1 is 1.03 bits per heavy atom. The highest BCUT2D eigenvalue weighted by Gasteiger charge is 2.16. The third-order valence-electron chi connectivity index (χ3n) is 4.49. The van der Waals surface area contributed by atoms with Crippen molar-refractivity contribution in [3.05, 3.63) is 84.7 Å². The van der Waals surface area contributed by atoms with E-state index in [2.05, 4.69) is 21.8 Å². The molecule has 0 atom stereocenters. The van der Waals surface area contributed by atoms with Gasteiger partial charge in [0.05, 0.1) is 5.75 Å². The second kappa shape index (κ2) is 8.41. The summed E-state index contributed by atoms with van der Waals surface area (Å²) in [5.74, 6) is 1.11. The van der Waals surface area contributed by atoms with Crippen molar-refractivity contribution in [2.75, 3.05) is 5.75 Å². The van der Waals surface area contributed by atoms with Crippen molar-refractivity contribution in [2.24, 2.45) is 0 Å². The van der Waals surface area contributed by atoms with Gasteiger partial charge >= 0.3 is 0 Å². The van der Waals surface area contributed by atoms with E-state index in [1.807, 2.05) is 66.1 Å². The first kappa shape index (κ1) is 19.1. The number of rotatable bonds is 7. The Balaban J connectivity index is 1.56. The Bertz CT molecular complexity index is 1180. The normalized spacial score (nSPS) is 10.9. The van der Waals surface area contributed by atoms with Crippen LogP contribution in [0.1, 0.15) is 17.3 Å². The van der Waals surface area contributed by atoms with Crippen molar-refractivity contribution in [2.45, 2.75) is 18.6 Å². The van der Waals surface area contributed by atoms with Crippen molar-refractivity contribution in [3.63, 3.8) is 0 Å². The standard InChI is InChI=1S/C23H20N4OS/c1-16(2)14-27-22(18-9-11-24-12-10-18)25-26-23(27)29-15-21(28)20-8-7-17-5-3-4-6-19(17)13-20/h3-13H,1,14-15H2,2H3. The molecule has 4 aromatic rings.